The summed E-state index contributed by atoms with van der Waals surface area (Å²) in [5.74, 6) is -2.21. The second-order valence-electron chi connectivity index (χ2n) is 11.3. The fraction of sp³-hybridized carbons (Fsp3) is 0.484. The van der Waals surface area contributed by atoms with Crippen molar-refractivity contribution in [3.8, 4) is 0 Å². The standard InChI is InChI=1S/C31H43N5O4S/c1-24(2)29(31(32)38)23-33-41(39,40)36(30(37)18-13-25-9-5-3-6-10-25)28-16-14-27(15-17-28)35-21-19-34(20-22-35)26-11-7-4-8-12-26/h3,5-6,9-10,13-18,24,26,29,33H,4,7-8,11-12,19-23H2,1-2H3,(H2,32,38)/b18-13+. The number of carbonyl (C=O) groups excluding carboxylic acids is 2. The highest BCUT2D eigenvalue weighted by molar-refractivity contribution is 7.91. The summed E-state index contributed by atoms with van der Waals surface area (Å²) in [6.45, 7) is 7.22. The van der Waals surface area contributed by atoms with Gasteiger partial charge in [-0.05, 0) is 54.7 Å². The number of hydrogen-bond donors (Lipinski definition) is 2. The highest BCUT2D eigenvalue weighted by Gasteiger charge is 2.31. The predicted molar refractivity (Wildman–Crippen MR) is 165 cm³/mol. The Labute approximate surface area is 244 Å². The molecule has 41 heavy (non-hydrogen) atoms. The number of carbonyl (C=O) groups is 2. The van der Waals surface area contributed by atoms with E-state index in [1.54, 1.807) is 32.1 Å². The summed E-state index contributed by atoms with van der Waals surface area (Å²) >= 11 is 0. The number of rotatable bonds is 11. The van der Waals surface area contributed by atoms with Gasteiger partial charge in [0.15, 0.2) is 0 Å². The zero-order chi connectivity index (χ0) is 29.4. The van der Waals surface area contributed by atoms with E-state index in [1.165, 1.54) is 38.2 Å². The van der Waals surface area contributed by atoms with Crippen LogP contribution >= 0.6 is 0 Å². The molecule has 2 aliphatic rings. The van der Waals surface area contributed by atoms with Crippen LogP contribution in [0.4, 0.5) is 11.4 Å². The summed E-state index contributed by atoms with van der Waals surface area (Å²) in [4.78, 5) is 30.2. The molecule has 10 heteroatoms. The van der Waals surface area contributed by atoms with Gasteiger partial charge in [-0.3, -0.25) is 14.5 Å². The summed E-state index contributed by atoms with van der Waals surface area (Å²) in [5, 5.41) is 0. The van der Waals surface area contributed by atoms with Crippen LogP contribution in [0.15, 0.2) is 60.7 Å². The van der Waals surface area contributed by atoms with Crippen LogP contribution < -0.4 is 19.7 Å². The van der Waals surface area contributed by atoms with Crippen LogP contribution in [0.1, 0.15) is 51.5 Å². The molecule has 1 saturated heterocycles. The minimum atomic E-state index is -4.34. The number of amides is 2. The lowest BCUT2D eigenvalue weighted by Gasteiger charge is -2.41. The number of benzene rings is 2. The van der Waals surface area contributed by atoms with Gasteiger partial charge in [0.1, 0.15) is 0 Å². The van der Waals surface area contributed by atoms with Crippen LogP contribution in [0.2, 0.25) is 0 Å². The predicted octanol–water partition coefficient (Wildman–Crippen LogP) is 3.78. The number of hydrogen-bond acceptors (Lipinski definition) is 6. The molecule has 4 rings (SSSR count). The quantitative estimate of drug-likeness (QED) is 0.390. The Morgan fingerprint density at radius 1 is 0.976 bits per heavy atom. The topological polar surface area (TPSA) is 116 Å². The third-order valence-electron chi connectivity index (χ3n) is 8.17. The molecule has 9 nitrogen and oxygen atoms in total. The van der Waals surface area contributed by atoms with Crippen LogP contribution in [0, 0.1) is 11.8 Å². The molecule has 1 aliphatic heterocycles. The first-order chi connectivity index (χ1) is 19.7. The van der Waals surface area contributed by atoms with E-state index in [1.807, 2.05) is 42.5 Å². The van der Waals surface area contributed by atoms with E-state index in [-0.39, 0.29) is 18.2 Å². The smallest absolute Gasteiger partial charge is 0.308 e. The fourth-order valence-corrected chi connectivity index (χ4v) is 6.91. The molecule has 0 radical (unpaired) electrons. The van der Waals surface area contributed by atoms with E-state index >= 15 is 0 Å². The van der Waals surface area contributed by atoms with Gasteiger partial charge in [0.2, 0.25) is 5.91 Å². The van der Waals surface area contributed by atoms with E-state index in [9.17, 15) is 18.0 Å². The Morgan fingerprint density at radius 2 is 1.61 bits per heavy atom. The Hall–Kier alpha value is -3.21. The Kier molecular flexibility index (Phi) is 10.6. The van der Waals surface area contributed by atoms with Crippen LogP contribution in [0.3, 0.4) is 0 Å². The van der Waals surface area contributed by atoms with Crippen molar-refractivity contribution in [3.05, 3.63) is 66.2 Å². The van der Waals surface area contributed by atoms with Gasteiger partial charge in [-0.15, -0.1) is 0 Å². The first kappa shape index (κ1) is 30.7. The summed E-state index contributed by atoms with van der Waals surface area (Å²) < 4.78 is 30.2. The molecular formula is C31H43N5O4S. The van der Waals surface area contributed by atoms with Gasteiger partial charge in [-0.2, -0.15) is 17.4 Å². The van der Waals surface area contributed by atoms with E-state index in [4.69, 9.17) is 5.73 Å². The van der Waals surface area contributed by atoms with Crippen molar-refractivity contribution in [2.24, 2.45) is 17.6 Å². The van der Waals surface area contributed by atoms with E-state index in [0.717, 1.165) is 41.7 Å². The van der Waals surface area contributed by atoms with Crippen LogP contribution in [-0.2, 0) is 19.8 Å². The molecule has 1 unspecified atom stereocenters. The van der Waals surface area contributed by atoms with Gasteiger partial charge >= 0.3 is 10.2 Å². The molecule has 0 aromatic heterocycles. The van der Waals surface area contributed by atoms with Crippen LogP contribution in [0.5, 0.6) is 0 Å². The average molecular weight is 582 g/mol. The molecule has 1 saturated carbocycles. The molecule has 1 aliphatic carbocycles. The summed E-state index contributed by atoms with van der Waals surface area (Å²) in [6.07, 6.45) is 9.38. The lowest BCUT2D eigenvalue weighted by atomic mass is 9.94. The summed E-state index contributed by atoms with van der Waals surface area (Å²) in [5.41, 5.74) is 7.46. The molecule has 1 atom stereocenters. The van der Waals surface area contributed by atoms with Crippen molar-refractivity contribution in [2.75, 3.05) is 41.9 Å². The van der Waals surface area contributed by atoms with E-state index in [0.29, 0.717) is 6.04 Å². The molecule has 2 aromatic rings. The monoisotopic (exact) mass is 581 g/mol. The molecule has 0 bridgehead atoms. The lowest BCUT2D eigenvalue weighted by molar-refractivity contribution is -0.122. The molecule has 2 amide bonds. The van der Waals surface area contributed by atoms with Gasteiger partial charge in [-0.1, -0.05) is 63.4 Å². The lowest BCUT2D eigenvalue weighted by Crippen LogP contribution is -2.50. The number of primary amides is 1. The van der Waals surface area contributed by atoms with Gasteiger partial charge in [-0.25, -0.2) is 0 Å². The fourth-order valence-electron chi connectivity index (χ4n) is 5.70. The molecular weight excluding hydrogens is 538 g/mol. The van der Waals surface area contributed by atoms with Crippen LogP contribution in [-0.4, -0.2) is 63.9 Å². The number of piperazine rings is 1. The number of nitrogens with one attached hydrogen (secondary N) is 1. The van der Waals surface area contributed by atoms with Gasteiger partial charge in [0.05, 0.1) is 11.6 Å². The van der Waals surface area contributed by atoms with E-state index in [2.05, 4.69) is 14.5 Å². The van der Waals surface area contributed by atoms with Gasteiger partial charge < -0.3 is 10.6 Å². The van der Waals surface area contributed by atoms with Crippen molar-refractivity contribution in [1.82, 2.24) is 9.62 Å². The Bertz CT molecular complexity index is 1280. The maximum atomic E-state index is 13.5. The van der Waals surface area contributed by atoms with Crippen molar-refractivity contribution >= 4 is 39.5 Å². The molecule has 3 N–H and O–H groups in total. The van der Waals surface area contributed by atoms with Gasteiger partial charge in [0.25, 0.3) is 5.91 Å². The first-order valence-electron chi connectivity index (χ1n) is 14.6. The SMILES string of the molecule is CC(C)C(CNS(=O)(=O)N(C(=O)/C=C/c1ccccc1)c1ccc(N2CCN(C3CCCCC3)CC2)cc1)C(N)=O. The molecule has 2 fully saturated rings. The van der Waals surface area contributed by atoms with Crippen molar-refractivity contribution < 1.29 is 18.0 Å². The van der Waals surface area contributed by atoms with Crippen molar-refractivity contribution in [3.63, 3.8) is 0 Å². The Morgan fingerprint density at radius 3 is 2.20 bits per heavy atom. The highest BCUT2D eigenvalue weighted by atomic mass is 32.2. The zero-order valence-corrected chi connectivity index (χ0v) is 24.9. The third kappa shape index (κ3) is 8.18. The second-order valence-corrected chi connectivity index (χ2v) is 12.9. The molecule has 1 heterocycles. The number of nitrogens with two attached hydrogens (primary N) is 1. The van der Waals surface area contributed by atoms with Crippen molar-refractivity contribution in [1.29, 1.82) is 0 Å². The first-order valence-corrected chi connectivity index (χ1v) is 16.0. The molecule has 222 valence electrons. The zero-order valence-electron chi connectivity index (χ0n) is 24.1. The Balaban J connectivity index is 1.51. The average Bonchev–Trinajstić information content (AvgIpc) is 2.97. The maximum Gasteiger partial charge on any atom is 0.308 e. The summed E-state index contributed by atoms with van der Waals surface area (Å²) in [7, 11) is -4.34. The second kappa shape index (κ2) is 14.1. The highest BCUT2D eigenvalue weighted by Crippen LogP contribution is 2.27. The number of nitrogens with zero attached hydrogens (tertiary/aromatic N) is 3. The van der Waals surface area contributed by atoms with E-state index < -0.39 is 27.9 Å². The van der Waals surface area contributed by atoms with Crippen LogP contribution in [0.25, 0.3) is 6.08 Å². The van der Waals surface area contributed by atoms with Gasteiger partial charge in [0, 0.05) is 50.5 Å². The normalized spacial score (nSPS) is 18.1. The third-order valence-corrected chi connectivity index (χ3v) is 9.57. The maximum absolute atomic E-state index is 13.5. The molecule has 0 spiro atoms. The summed E-state index contributed by atoms with van der Waals surface area (Å²) in [6, 6.07) is 16.9. The van der Waals surface area contributed by atoms with Crippen molar-refractivity contribution in [2.45, 2.75) is 52.0 Å². The number of anilines is 2. The minimum absolute atomic E-state index is 0.171. The minimum Gasteiger partial charge on any atom is -0.369 e. The molecule has 2 aromatic carbocycles. The largest absolute Gasteiger partial charge is 0.369 e.